The number of para-hydroxylation sites is 1. The van der Waals surface area contributed by atoms with Crippen molar-refractivity contribution >= 4 is 22.5 Å². The fourth-order valence-corrected chi connectivity index (χ4v) is 2.73. The number of benzene rings is 2. The molecule has 2 heterocycles. The van der Waals surface area contributed by atoms with Crippen molar-refractivity contribution in [3.05, 3.63) is 53.9 Å². The van der Waals surface area contributed by atoms with Gasteiger partial charge in [0.25, 0.3) is 0 Å². The van der Waals surface area contributed by atoms with Crippen molar-refractivity contribution in [1.29, 1.82) is 0 Å². The smallest absolute Gasteiger partial charge is 0.230 e. The van der Waals surface area contributed by atoms with Crippen LogP contribution >= 0.6 is 0 Å². The average Bonchev–Trinajstić information content (AvgIpc) is 3.08. The van der Waals surface area contributed by atoms with Gasteiger partial charge in [-0.1, -0.05) is 18.2 Å². The number of nitrogens with zero attached hydrogens (tertiary/aromatic N) is 3. The molecule has 3 N–H and O–H groups in total. The minimum absolute atomic E-state index is 0.643. The fraction of sp³-hybridized carbons (Fsp3) is 0.125. The number of rotatable bonds is 3. The van der Waals surface area contributed by atoms with E-state index in [1.165, 1.54) is 0 Å². The van der Waals surface area contributed by atoms with E-state index in [0.717, 1.165) is 28.2 Å². The minimum Gasteiger partial charge on any atom is -0.496 e. The standard InChI is InChI=1S/C16H15N5O/c1-22-14-5-3-2-4-10(14)8-15-19-20-16-18-12-7-6-11(17)9-13(12)21(15)16/h2-7,9H,8,17H2,1H3,(H,18,20). The molecule has 0 aliphatic rings. The van der Waals surface area contributed by atoms with Gasteiger partial charge in [-0.2, -0.15) is 5.10 Å². The monoisotopic (exact) mass is 293 g/mol. The Morgan fingerprint density at radius 3 is 2.95 bits per heavy atom. The minimum atomic E-state index is 0.643. The van der Waals surface area contributed by atoms with Crippen LogP contribution in [0.3, 0.4) is 0 Å². The van der Waals surface area contributed by atoms with Crippen LogP contribution in [-0.2, 0) is 6.42 Å². The van der Waals surface area contributed by atoms with Crippen LogP contribution in [0.5, 0.6) is 5.75 Å². The van der Waals surface area contributed by atoms with Crippen LogP contribution in [0, 0.1) is 0 Å². The van der Waals surface area contributed by atoms with Gasteiger partial charge in [0, 0.05) is 17.7 Å². The molecule has 6 nitrogen and oxygen atoms in total. The first kappa shape index (κ1) is 12.7. The highest BCUT2D eigenvalue weighted by Crippen LogP contribution is 2.24. The number of H-pyrrole nitrogens is 1. The van der Waals surface area contributed by atoms with Crippen molar-refractivity contribution in [2.45, 2.75) is 6.42 Å². The molecule has 0 amide bonds. The van der Waals surface area contributed by atoms with Crippen LogP contribution in [0.1, 0.15) is 11.4 Å². The third-order valence-electron chi connectivity index (χ3n) is 3.76. The first-order valence-electron chi connectivity index (χ1n) is 6.99. The number of nitrogens with two attached hydrogens (primary N) is 1. The molecular weight excluding hydrogens is 278 g/mol. The molecule has 4 aromatic rings. The maximum Gasteiger partial charge on any atom is 0.230 e. The lowest BCUT2D eigenvalue weighted by Gasteiger charge is -2.06. The molecule has 6 heteroatoms. The molecule has 0 aliphatic heterocycles. The van der Waals surface area contributed by atoms with E-state index in [4.69, 9.17) is 10.5 Å². The highest BCUT2D eigenvalue weighted by atomic mass is 16.5. The largest absolute Gasteiger partial charge is 0.496 e. The number of nitrogen functional groups attached to an aromatic ring is 1. The molecule has 22 heavy (non-hydrogen) atoms. The number of fused-ring (bicyclic) bond motifs is 3. The molecule has 0 radical (unpaired) electrons. The summed E-state index contributed by atoms with van der Waals surface area (Å²) in [6.07, 6.45) is 0.643. The Morgan fingerprint density at radius 2 is 2.09 bits per heavy atom. The zero-order chi connectivity index (χ0) is 15.1. The number of aromatic amines is 1. The van der Waals surface area contributed by atoms with Crippen LogP contribution in [0.25, 0.3) is 16.8 Å². The van der Waals surface area contributed by atoms with Gasteiger partial charge < -0.3 is 10.5 Å². The number of nitrogens with one attached hydrogen (secondary N) is 1. The maximum atomic E-state index is 5.90. The topological polar surface area (TPSA) is 81.2 Å². The zero-order valence-electron chi connectivity index (χ0n) is 12.1. The van der Waals surface area contributed by atoms with E-state index in [1.807, 2.05) is 46.9 Å². The summed E-state index contributed by atoms with van der Waals surface area (Å²) in [4.78, 5) is 4.52. The lowest BCUT2D eigenvalue weighted by molar-refractivity contribution is 0.410. The lowest BCUT2D eigenvalue weighted by Crippen LogP contribution is -1.98. The Kier molecular flexibility index (Phi) is 2.75. The molecule has 0 unspecified atom stereocenters. The quantitative estimate of drug-likeness (QED) is 0.568. The van der Waals surface area contributed by atoms with E-state index in [2.05, 4.69) is 15.2 Å². The summed E-state index contributed by atoms with van der Waals surface area (Å²) >= 11 is 0. The summed E-state index contributed by atoms with van der Waals surface area (Å²) in [7, 11) is 1.67. The van der Waals surface area contributed by atoms with Crippen LogP contribution in [0.4, 0.5) is 5.69 Å². The molecule has 0 saturated heterocycles. The number of hydrogen-bond acceptors (Lipinski definition) is 4. The van der Waals surface area contributed by atoms with E-state index in [9.17, 15) is 0 Å². The van der Waals surface area contributed by atoms with Crippen LogP contribution in [0.2, 0.25) is 0 Å². The predicted octanol–water partition coefficient (Wildman–Crippen LogP) is 2.39. The summed E-state index contributed by atoms with van der Waals surface area (Å²) in [6.45, 7) is 0. The number of imidazole rings is 1. The van der Waals surface area contributed by atoms with E-state index in [0.29, 0.717) is 17.9 Å². The molecule has 110 valence electrons. The highest BCUT2D eigenvalue weighted by molar-refractivity contribution is 5.82. The number of anilines is 1. The third kappa shape index (κ3) is 1.88. The Hall–Kier alpha value is -3.02. The van der Waals surface area contributed by atoms with E-state index >= 15 is 0 Å². The van der Waals surface area contributed by atoms with E-state index < -0.39 is 0 Å². The molecule has 2 aromatic heterocycles. The molecule has 0 aliphatic carbocycles. The van der Waals surface area contributed by atoms with E-state index in [1.54, 1.807) is 7.11 Å². The van der Waals surface area contributed by atoms with Crippen molar-refractivity contribution in [3.63, 3.8) is 0 Å². The number of methoxy groups -OCH3 is 1. The summed E-state index contributed by atoms with van der Waals surface area (Å²) < 4.78 is 7.41. The first-order chi connectivity index (χ1) is 10.8. The van der Waals surface area contributed by atoms with Crippen molar-refractivity contribution < 1.29 is 4.74 Å². The number of aromatic nitrogens is 4. The molecule has 0 saturated carbocycles. The van der Waals surface area contributed by atoms with Gasteiger partial charge >= 0.3 is 0 Å². The molecule has 4 rings (SSSR count). The van der Waals surface area contributed by atoms with Crippen molar-refractivity contribution in [2.24, 2.45) is 0 Å². The van der Waals surface area contributed by atoms with Crippen LogP contribution in [0.15, 0.2) is 42.5 Å². The zero-order valence-corrected chi connectivity index (χ0v) is 12.1. The molecule has 2 aromatic carbocycles. The van der Waals surface area contributed by atoms with Gasteiger partial charge in [-0.15, -0.1) is 0 Å². The summed E-state index contributed by atoms with van der Waals surface area (Å²) in [5.74, 6) is 2.43. The van der Waals surface area contributed by atoms with Gasteiger partial charge in [0.05, 0.1) is 18.1 Å². The maximum absolute atomic E-state index is 5.90. The van der Waals surface area contributed by atoms with Gasteiger partial charge in [-0.05, 0) is 24.3 Å². The molecule has 0 spiro atoms. The number of ether oxygens (including phenoxy) is 1. The third-order valence-corrected chi connectivity index (χ3v) is 3.76. The normalized spacial score (nSPS) is 11.3. The highest BCUT2D eigenvalue weighted by Gasteiger charge is 2.14. The molecular formula is C16H15N5O. The fourth-order valence-electron chi connectivity index (χ4n) is 2.73. The first-order valence-corrected chi connectivity index (χ1v) is 6.99. The predicted molar refractivity (Wildman–Crippen MR) is 85.1 cm³/mol. The number of hydrogen-bond donors (Lipinski definition) is 2. The summed E-state index contributed by atoms with van der Waals surface area (Å²) in [6, 6.07) is 13.6. The summed E-state index contributed by atoms with van der Waals surface area (Å²) in [5, 5.41) is 7.36. The van der Waals surface area contributed by atoms with Gasteiger partial charge in [-0.3, -0.25) is 4.40 Å². The average molecular weight is 293 g/mol. The van der Waals surface area contributed by atoms with Crippen molar-refractivity contribution in [1.82, 2.24) is 19.6 Å². The molecule has 0 atom stereocenters. The lowest BCUT2D eigenvalue weighted by atomic mass is 10.1. The van der Waals surface area contributed by atoms with Crippen LogP contribution < -0.4 is 10.5 Å². The van der Waals surface area contributed by atoms with Crippen molar-refractivity contribution in [2.75, 3.05) is 12.8 Å². The second-order valence-corrected chi connectivity index (χ2v) is 5.15. The second kappa shape index (κ2) is 4.77. The molecule has 0 bridgehead atoms. The van der Waals surface area contributed by atoms with Crippen molar-refractivity contribution in [3.8, 4) is 5.75 Å². The van der Waals surface area contributed by atoms with Gasteiger partial charge in [0.1, 0.15) is 11.6 Å². The SMILES string of the molecule is COc1ccccc1Cc1n[nH]c2nc3ccc(N)cc3n12. The Bertz CT molecular complexity index is 969. The summed E-state index contributed by atoms with van der Waals surface area (Å²) in [5.41, 5.74) is 9.53. The van der Waals surface area contributed by atoms with E-state index in [-0.39, 0.29) is 0 Å². The molecule has 0 fully saturated rings. The second-order valence-electron chi connectivity index (χ2n) is 5.15. The van der Waals surface area contributed by atoms with Gasteiger partial charge in [-0.25, -0.2) is 10.1 Å². The van der Waals surface area contributed by atoms with Crippen LogP contribution in [-0.4, -0.2) is 26.7 Å². The Morgan fingerprint density at radius 1 is 1.23 bits per heavy atom. The van der Waals surface area contributed by atoms with Gasteiger partial charge in [0.15, 0.2) is 0 Å². The Labute approximate surface area is 126 Å². The van der Waals surface area contributed by atoms with Gasteiger partial charge in [0.2, 0.25) is 5.78 Å². The Balaban J connectivity index is 1.88.